The summed E-state index contributed by atoms with van der Waals surface area (Å²) in [5, 5.41) is 2.84. The maximum Gasteiger partial charge on any atom is 0.155 e. The van der Waals surface area contributed by atoms with E-state index in [0.29, 0.717) is 0 Å². The average molecular weight is 1050 g/mol. The Hall–Kier alpha value is -9.88. The molecule has 0 spiro atoms. The average Bonchev–Trinajstić information content (AvgIpc) is 1.91. The van der Waals surface area contributed by atoms with Crippen LogP contribution in [0.15, 0.2) is 278 Å². The number of rotatable bonds is 6. The van der Waals surface area contributed by atoms with Gasteiger partial charge in [-0.25, -0.2) is 0 Å². The molecule has 0 saturated carbocycles. The van der Waals surface area contributed by atoms with Gasteiger partial charge in [-0.1, -0.05) is 201 Å². The summed E-state index contributed by atoms with van der Waals surface area (Å²) in [5.41, 5.74) is 23.6. The van der Waals surface area contributed by atoms with E-state index in [4.69, 9.17) is 9.47 Å². The van der Waals surface area contributed by atoms with Crippen LogP contribution in [-0.4, -0.2) is 14.1 Å². The first-order valence-electron chi connectivity index (χ1n) is 28.4. The smallest absolute Gasteiger partial charge is 0.155 e. The van der Waals surface area contributed by atoms with Gasteiger partial charge >= 0.3 is 0 Å². The molecule has 380 valence electrons. The highest BCUT2D eigenvalue weighted by Crippen LogP contribution is 2.67. The third-order valence-electron chi connectivity index (χ3n) is 19.7. The predicted molar refractivity (Wildman–Crippen MR) is 328 cm³/mol. The lowest BCUT2D eigenvalue weighted by molar-refractivity contribution is 0.342. The van der Waals surface area contributed by atoms with E-state index in [1.807, 2.05) is 0 Å². The van der Waals surface area contributed by atoms with Gasteiger partial charge in [0.25, 0.3) is 0 Å². The van der Waals surface area contributed by atoms with Crippen LogP contribution in [0.2, 0.25) is 12.1 Å². The Morgan fingerprint density at radius 3 is 1.40 bits per heavy atom. The van der Waals surface area contributed by atoms with Gasteiger partial charge in [0.1, 0.15) is 19.5 Å². The van der Waals surface area contributed by atoms with Gasteiger partial charge in [0, 0.05) is 39.7 Å². The van der Waals surface area contributed by atoms with Gasteiger partial charge in [-0.15, -0.1) is 0 Å². The minimum absolute atomic E-state index is 0.0610. The molecule has 0 fully saturated rings. The highest BCUT2D eigenvalue weighted by molar-refractivity contribution is 7.07. The molecule has 0 N–H and O–H groups in total. The summed E-state index contributed by atoms with van der Waals surface area (Å²) in [4.78, 5) is 7.92. The summed E-state index contributed by atoms with van der Waals surface area (Å²) in [6.45, 7) is 2.67. The second kappa shape index (κ2) is 15.5. The van der Waals surface area contributed by atoms with Crippen molar-refractivity contribution in [1.82, 2.24) is 0 Å². The molecule has 6 heteroatoms. The molecule has 8 aliphatic rings. The molecule has 0 saturated heterocycles. The van der Waals surface area contributed by atoms with Crippen molar-refractivity contribution < 1.29 is 9.47 Å². The van der Waals surface area contributed by atoms with Gasteiger partial charge in [-0.3, -0.25) is 0 Å². The molecule has 0 bridgehead atoms. The van der Waals surface area contributed by atoms with Crippen LogP contribution in [0.5, 0.6) is 17.2 Å². The van der Waals surface area contributed by atoms with Gasteiger partial charge in [0.15, 0.2) is 17.2 Å². The molecule has 11 aromatic rings. The molecular weight excluding hydrogens is 1000 g/mol. The topological polar surface area (TPSA) is 28.2 Å². The first-order valence-corrected chi connectivity index (χ1v) is 31.0. The Morgan fingerprint density at radius 1 is 0.370 bits per heavy atom. The van der Waals surface area contributed by atoms with Crippen molar-refractivity contribution in [2.24, 2.45) is 0 Å². The molecule has 11 aromatic carbocycles. The summed E-state index contributed by atoms with van der Waals surface area (Å²) in [7, 11) is -2.91. The lowest BCUT2D eigenvalue weighted by Gasteiger charge is -2.62. The lowest BCUT2D eigenvalue weighted by atomic mass is 9.67. The fraction of sp³-hybridized carbons (Fsp3) is 0.0667. The molecule has 81 heavy (non-hydrogen) atoms. The number of allylic oxidation sites excluding steroid dienone is 2. The summed E-state index contributed by atoms with van der Waals surface area (Å²) >= 11 is 0. The number of hydrogen-bond donors (Lipinski definition) is 0. The van der Waals surface area contributed by atoms with E-state index in [9.17, 15) is 0 Å². The zero-order valence-electron chi connectivity index (χ0n) is 44.2. The van der Waals surface area contributed by atoms with Gasteiger partial charge in [0.05, 0.1) is 22.6 Å². The van der Waals surface area contributed by atoms with E-state index < -0.39 is 18.9 Å². The largest absolute Gasteiger partial charge is 0.457 e. The van der Waals surface area contributed by atoms with Gasteiger partial charge in [-0.2, -0.15) is 0 Å². The quantitative estimate of drug-likeness (QED) is 0.155. The highest BCUT2D eigenvalue weighted by Gasteiger charge is 2.66. The van der Waals surface area contributed by atoms with E-state index >= 15 is 0 Å². The number of anilines is 7. The first kappa shape index (κ1) is 44.0. The standard InChI is InChI=1S/C75H49N3O2Si/c1-81-71-60-32-18-33-61(71)77(51-37-39-55-53-29-15-17-31-57(53)75(59(55)45-51,48-24-10-4-11-25-48)49-26-12-5-13-27-49)63-41-43-67-70(73(63)81)78-68-64(34-19-35-65(68)80-67)79-66-42-40-62(72(81)69(66)78)76(60)50-36-38-54-52-28-14-16-30-56(52)74(58(54)44-50,46-20-6-2-7-21-46)47-22-8-3-9-23-47/h2-45,69,72H,1H3. The van der Waals surface area contributed by atoms with Crippen molar-refractivity contribution in [2.45, 2.75) is 29.0 Å². The SMILES string of the molecule is C[Si]12c3c4cccc3N(c3ccc5c(c3)C(c3ccccc3)(c3ccccc3)c3ccccc3-5)c3ccc5c(c31)N1c3c(cccc3O5)OC3=CC=C(C2C31)N4c1ccc2c(c1)C(c1ccccc1)(c1ccccc1)c1ccccc1-2. The first-order chi connectivity index (χ1) is 40.1. The monoisotopic (exact) mass is 1050 g/mol. The number of benzene rings is 11. The lowest BCUT2D eigenvalue weighted by Crippen LogP contribution is -2.75. The highest BCUT2D eigenvalue weighted by atomic mass is 28.3. The summed E-state index contributed by atoms with van der Waals surface area (Å²) in [6, 6.07) is 95.5. The number of ether oxygens (including phenoxy) is 2. The van der Waals surface area contributed by atoms with Crippen molar-refractivity contribution in [3.8, 4) is 39.5 Å². The third kappa shape index (κ3) is 5.20. The zero-order valence-corrected chi connectivity index (χ0v) is 45.2. The van der Waals surface area contributed by atoms with Crippen LogP contribution in [0.3, 0.4) is 0 Å². The minimum atomic E-state index is -2.91. The molecular formula is C75H49N3O2Si. The van der Waals surface area contributed by atoms with Crippen molar-refractivity contribution in [3.05, 3.63) is 323 Å². The van der Waals surface area contributed by atoms with Crippen molar-refractivity contribution >= 4 is 58.3 Å². The molecule has 3 unspecified atom stereocenters. The van der Waals surface area contributed by atoms with E-state index in [1.165, 1.54) is 106 Å². The maximum absolute atomic E-state index is 7.14. The zero-order chi connectivity index (χ0) is 52.9. The molecule has 5 heterocycles. The predicted octanol–water partition coefficient (Wildman–Crippen LogP) is 16.7. The van der Waals surface area contributed by atoms with Crippen LogP contribution in [0.25, 0.3) is 22.3 Å². The molecule has 0 radical (unpaired) electrons. The number of nitrogens with zero attached hydrogens (tertiary/aromatic N) is 3. The normalized spacial score (nSPS) is 19.9. The molecule has 3 atom stereocenters. The second-order valence-electron chi connectivity index (χ2n) is 23.1. The van der Waals surface area contributed by atoms with Crippen molar-refractivity contribution in [2.75, 3.05) is 14.7 Å². The molecule has 0 amide bonds. The van der Waals surface area contributed by atoms with Crippen LogP contribution in [-0.2, 0) is 10.8 Å². The number of fused-ring (bicyclic) bond motifs is 6. The third-order valence-corrected chi connectivity index (χ3v) is 24.6. The van der Waals surface area contributed by atoms with Crippen LogP contribution >= 0.6 is 0 Å². The number of para-hydroxylation sites is 1. The van der Waals surface area contributed by atoms with Crippen LogP contribution in [0, 0.1) is 0 Å². The fourth-order valence-corrected chi connectivity index (χ4v) is 22.4. The van der Waals surface area contributed by atoms with Crippen LogP contribution in [0.1, 0.15) is 44.5 Å². The molecule has 3 aliphatic carbocycles. The molecule has 0 aromatic heterocycles. The number of hydrogen-bond acceptors (Lipinski definition) is 5. The van der Waals surface area contributed by atoms with Gasteiger partial charge in [-0.05, 0) is 150 Å². The summed E-state index contributed by atoms with van der Waals surface area (Å²) < 4.78 is 14.3. The Kier molecular flexibility index (Phi) is 8.41. The van der Waals surface area contributed by atoms with E-state index in [1.54, 1.807) is 0 Å². The molecule has 5 nitrogen and oxygen atoms in total. The Labute approximate surface area is 471 Å². The van der Waals surface area contributed by atoms with E-state index in [0.717, 1.165) is 40.1 Å². The Balaban J connectivity index is 0.903. The second-order valence-corrected chi connectivity index (χ2v) is 27.2. The summed E-state index contributed by atoms with van der Waals surface area (Å²) in [6.07, 6.45) is 4.69. The van der Waals surface area contributed by atoms with Crippen molar-refractivity contribution in [1.29, 1.82) is 0 Å². The Bertz CT molecular complexity index is 4570. The van der Waals surface area contributed by atoms with Crippen LogP contribution in [0.4, 0.5) is 39.8 Å². The maximum atomic E-state index is 7.14. The van der Waals surface area contributed by atoms with Gasteiger partial charge in [0.2, 0.25) is 0 Å². The molecule has 19 rings (SSSR count). The van der Waals surface area contributed by atoms with Gasteiger partial charge < -0.3 is 24.2 Å². The molecule has 5 aliphatic heterocycles. The van der Waals surface area contributed by atoms with E-state index in [-0.39, 0.29) is 11.6 Å². The summed E-state index contributed by atoms with van der Waals surface area (Å²) in [5.74, 6) is 3.55. The fourth-order valence-electron chi connectivity index (χ4n) is 16.9. The van der Waals surface area contributed by atoms with Crippen LogP contribution < -0.4 is 34.5 Å². The van der Waals surface area contributed by atoms with Crippen molar-refractivity contribution in [3.63, 3.8) is 0 Å². The Morgan fingerprint density at radius 2 is 0.827 bits per heavy atom. The minimum Gasteiger partial charge on any atom is -0.457 e. The van der Waals surface area contributed by atoms with E-state index in [2.05, 4.69) is 288 Å².